The quantitative estimate of drug-likeness (QED) is 0.926. The van der Waals surface area contributed by atoms with Gasteiger partial charge in [0.2, 0.25) is 5.89 Å². The molecule has 4 unspecified atom stereocenters. The summed E-state index contributed by atoms with van der Waals surface area (Å²) in [6.07, 6.45) is 3.46. The molecular weight excluding hydrogens is 290 g/mol. The third kappa shape index (κ3) is 3.52. The summed E-state index contributed by atoms with van der Waals surface area (Å²) in [6.45, 7) is 6.83. The van der Waals surface area contributed by atoms with Gasteiger partial charge in [0.25, 0.3) is 0 Å². The summed E-state index contributed by atoms with van der Waals surface area (Å²) in [5.74, 6) is 3.48. The lowest BCUT2D eigenvalue weighted by molar-refractivity contribution is 0.314. The molecule has 3 rings (SSSR count). The zero-order valence-electron chi connectivity index (χ0n) is 12.2. The fourth-order valence-corrected chi connectivity index (χ4v) is 5.58. The monoisotopic (exact) mass is 313 g/mol. The van der Waals surface area contributed by atoms with Crippen LogP contribution in [0.3, 0.4) is 0 Å². The van der Waals surface area contributed by atoms with Gasteiger partial charge in [0.15, 0.2) is 5.82 Å². The first-order valence-electron chi connectivity index (χ1n) is 7.52. The van der Waals surface area contributed by atoms with Crippen molar-refractivity contribution < 1.29 is 4.52 Å². The SMILES string of the molecule is CC1SCC(c2noc(CC3CCCNC3)n2)SC1C. The average molecular weight is 313 g/mol. The highest BCUT2D eigenvalue weighted by atomic mass is 32.2. The number of rotatable bonds is 3. The Morgan fingerprint density at radius 2 is 2.25 bits per heavy atom. The Hall–Kier alpha value is -0.200. The van der Waals surface area contributed by atoms with E-state index in [1.165, 1.54) is 12.8 Å². The van der Waals surface area contributed by atoms with Gasteiger partial charge in [-0.15, -0.1) is 11.8 Å². The first kappa shape index (κ1) is 14.7. The molecule has 1 aromatic rings. The number of hydrogen-bond donors (Lipinski definition) is 1. The van der Waals surface area contributed by atoms with E-state index in [9.17, 15) is 0 Å². The molecule has 0 saturated carbocycles. The molecule has 2 saturated heterocycles. The van der Waals surface area contributed by atoms with E-state index < -0.39 is 0 Å². The van der Waals surface area contributed by atoms with E-state index in [4.69, 9.17) is 4.52 Å². The molecule has 4 nitrogen and oxygen atoms in total. The molecule has 2 aliphatic heterocycles. The first-order valence-corrected chi connectivity index (χ1v) is 9.52. The topological polar surface area (TPSA) is 51.0 Å². The van der Waals surface area contributed by atoms with Crippen molar-refractivity contribution in [3.8, 4) is 0 Å². The van der Waals surface area contributed by atoms with Gasteiger partial charge in [0.1, 0.15) is 0 Å². The normalized spacial score (nSPS) is 35.1. The van der Waals surface area contributed by atoms with Crippen LogP contribution in [0.1, 0.15) is 43.7 Å². The number of aromatic nitrogens is 2. The van der Waals surface area contributed by atoms with E-state index in [1.807, 2.05) is 23.5 Å². The van der Waals surface area contributed by atoms with E-state index in [0.29, 0.717) is 16.4 Å². The lowest BCUT2D eigenvalue weighted by Gasteiger charge is -2.29. The van der Waals surface area contributed by atoms with E-state index in [2.05, 4.69) is 29.3 Å². The minimum atomic E-state index is 0.396. The van der Waals surface area contributed by atoms with E-state index >= 15 is 0 Å². The second kappa shape index (κ2) is 6.71. The zero-order chi connectivity index (χ0) is 13.9. The number of thioether (sulfide) groups is 2. The molecule has 0 bridgehead atoms. The molecule has 4 atom stereocenters. The standard InChI is InChI=1S/C14H23N3OS2/c1-9-10(2)20-12(8-19-9)14-16-13(18-17-14)6-11-4-3-5-15-7-11/h9-12,15H,3-8H2,1-2H3. The van der Waals surface area contributed by atoms with Crippen molar-refractivity contribution in [2.45, 2.75) is 48.9 Å². The minimum Gasteiger partial charge on any atom is -0.339 e. The van der Waals surface area contributed by atoms with Crippen LogP contribution in [-0.2, 0) is 6.42 Å². The van der Waals surface area contributed by atoms with Crippen LogP contribution >= 0.6 is 23.5 Å². The third-order valence-corrected chi connectivity index (χ3v) is 7.57. The lowest BCUT2D eigenvalue weighted by atomic mass is 9.96. The number of nitrogens with one attached hydrogen (secondary N) is 1. The molecular formula is C14H23N3OS2. The molecule has 2 fully saturated rings. The highest BCUT2D eigenvalue weighted by Crippen LogP contribution is 2.43. The van der Waals surface area contributed by atoms with Gasteiger partial charge in [0, 0.05) is 22.7 Å². The Kier molecular flexibility index (Phi) is 4.94. The van der Waals surface area contributed by atoms with Gasteiger partial charge in [-0.3, -0.25) is 0 Å². The molecule has 2 aliphatic rings. The van der Waals surface area contributed by atoms with Crippen LogP contribution in [0.25, 0.3) is 0 Å². The maximum absolute atomic E-state index is 5.47. The Balaban J connectivity index is 1.58. The highest BCUT2D eigenvalue weighted by Gasteiger charge is 2.30. The van der Waals surface area contributed by atoms with Crippen molar-refractivity contribution in [1.29, 1.82) is 0 Å². The third-order valence-electron chi connectivity index (χ3n) is 4.18. The Morgan fingerprint density at radius 1 is 1.35 bits per heavy atom. The molecule has 1 N–H and O–H groups in total. The molecule has 0 amide bonds. The molecule has 112 valence electrons. The van der Waals surface area contributed by atoms with Crippen molar-refractivity contribution >= 4 is 23.5 Å². The van der Waals surface area contributed by atoms with Crippen LogP contribution in [0, 0.1) is 5.92 Å². The minimum absolute atomic E-state index is 0.396. The second-order valence-electron chi connectivity index (χ2n) is 5.83. The van der Waals surface area contributed by atoms with Crippen LogP contribution < -0.4 is 5.32 Å². The molecule has 1 aromatic heterocycles. The fourth-order valence-electron chi connectivity index (χ4n) is 2.75. The maximum Gasteiger partial charge on any atom is 0.227 e. The number of hydrogen-bond acceptors (Lipinski definition) is 6. The highest BCUT2D eigenvalue weighted by molar-refractivity contribution is 8.07. The Bertz CT molecular complexity index is 434. The number of nitrogens with zero attached hydrogens (tertiary/aromatic N) is 2. The Labute approximate surface area is 129 Å². The molecule has 20 heavy (non-hydrogen) atoms. The molecule has 0 spiro atoms. The summed E-state index contributed by atoms with van der Waals surface area (Å²) in [5.41, 5.74) is 0. The second-order valence-corrected chi connectivity index (χ2v) is 8.83. The van der Waals surface area contributed by atoms with Gasteiger partial charge in [-0.2, -0.15) is 16.7 Å². The summed E-state index contributed by atoms with van der Waals surface area (Å²) in [4.78, 5) is 4.65. The predicted octanol–water partition coefficient (Wildman–Crippen LogP) is 2.91. The molecule has 3 heterocycles. The van der Waals surface area contributed by atoms with Gasteiger partial charge in [-0.1, -0.05) is 19.0 Å². The van der Waals surface area contributed by atoms with Crippen molar-refractivity contribution in [2.24, 2.45) is 5.92 Å². The van der Waals surface area contributed by atoms with E-state index in [-0.39, 0.29) is 0 Å². The first-order chi connectivity index (χ1) is 9.72. The summed E-state index contributed by atoms with van der Waals surface area (Å²) in [5, 5.41) is 9.43. The van der Waals surface area contributed by atoms with Gasteiger partial charge in [-0.25, -0.2) is 0 Å². The molecule has 0 radical (unpaired) electrons. The number of piperidine rings is 1. The fraction of sp³-hybridized carbons (Fsp3) is 0.857. The average Bonchev–Trinajstić information content (AvgIpc) is 2.91. The van der Waals surface area contributed by atoms with E-state index in [1.54, 1.807) is 0 Å². The summed E-state index contributed by atoms with van der Waals surface area (Å²) in [6, 6.07) is 0. The van der Waals surface area contributed by atoms with Crippen LogP contribution in [0.15, 0.2) is 4.52 Å². The maximum atomic E-state index is 5.47. The Morgan fingerprint density at radius 3 is 3.00 bits per heavy atom. The van der Waals surface area contributed by atoms with Gasteiger partial charge in [-0.05, 0) is 31.8 Å². The lowest BCUT2D eigenvalue weighted by Crippen LogP contribution is -2.30. The zero-order valence-corrected chi connectivity index (χ0v) is 13.8. The molecule has 6 heteroatoms. The van der Waals surface area contributed by atoms with Crippen LogP contribution in [-0.4, -0.2) is 39.5 Å². The van der Waals surface area contributed by atoms with Gasteiger partial charge < -0.3 is 9.84 Å². The van der Waals surface area contributed by atoms with Crippen molar-refractivity contribution in [1.82, 2.24) is 15.5 Å². The molecule has 0 aliphatic carbocycles. The summed E-state index contributed by atoms with van der Waals surface area (Å²) < 4.78 is 5.47. The van der Waals surface area contributed by atoms with Crippen molar-refractivity contribution in [3.63, 3.8) is 0 Å². The smallest absolute Gasteiger partial charge is 0.227 e. The van der Waals surface area contributed by atoms with Gasteiger partial charge in [0.05, 0.1) is 5.25 Å². The summed E-state index contributed by atoms with van der Waals surface area (Å²) in [7, 11) is 0. The van der Waals surface area contributed by atoms with Crippen molar-refractivity contribution in [3.05, 3.63) is 11.7 Å². The van der Waals surface area contributed by atoms with Gasteiger partial charge >= 0.3 is 0 Å². The predicted molar refractivity (Wildman–Crippen MR) is 85.3 cm³/mol. The van der Waals surface area contributed by atoms with Crippen molar-refractivity contribution in [2.75, 3.05) is 18.8 Å². The van der Waals surface area contributed by atoms with Crippen LogP contribution in [0.2, 0.25) is 0 Å². The van der Waals surface area contributed by atoms with Crippen LogP contribution in [0.4, 0.5) is 0 Å². The van der Waals surface area contributed by atoms with E-state index in [0.717, 1.165) is 42.2 Å². The summed E-state index contributed by atoms with van der Waals surface area (Å²) >= 11 is 4.01. The van der Waals surface area contributed by atoms with Crippen LogP contribution in [0.5, 0.6) is 0 Å². The molecule has 0 aromatic carbocycles. The largest absolute Gasteiger partial charge is 0.339 e.